The van der Waals surface area contributed by atoms with Crippen molar-refractivity contribution in [3.8, 4) is 5.75 Å². The lowest BCUT2D eigenvalue weighted by Gasteiger charge is -2.25. The Morgan fingerprint density at radius 2 is 1.61 bits per heavy atom. The quantitative estimate of drug-likeness (QED) is 0.823. The number of carbonyl (C=O) groups excluding carboxylic acids is 1. The number of alkyl halides is 2. The topological polar surface area (TPSA) is 29.5 Å². The van der Waals surface area contributed by atoms with Gasteiger partial charge in [-0.3, -0.25) is 4.79 Å². The smallest absolute Gasteiger partial charge is 0.387 e. The van der Waals surface area contributed by atoms with Crippen molar-refractivity contribution in [2.24, 2.45) is 0 Å². The second kappa shape index (κ2) is 7.17. The molecular formula is C17H16F3NO2. The van der Waals surface area contributed by atoms with Crippen LogP contribution in [0.2, 0.25) is 0 Å². The van der Waals surface area contributed by atoms with Crippen LogP contribution in [0.5, 0.6) is 5.75 Å². The molecular weight excluding hydrogens is 307 g/mol. The van der Waals surface area contributed by atoms with Crippen LogP contribution in [0.4, 0.5) is 13.2 Å². The first-order valence-corrected chi connectivity index (χ1v) is 6.96. The molecule has 2 aromatic carbocycles. The summed E-state index contributed by atoms with van der Waals surface area (Å²) in [7, 11) is 1.62. The van der Waals surface area contributed by atoms with Crippen molar-refractivity contribution in [3.05, 3.63) is 65.5 Å². The minimum atomic E-state index is -2.90. The molecule has 0 saturated heterocycles. The summed E-state index contributed by atoms with van der Waals surface area (Å²) >= 11 is 0. The first kappa shape index (κ1) is 16.9. The van der Waals surface area contributed by atoms with Crippen LogP contribution in [0.15, 0.2) is 48.5 Å². The largest absolute Gasteiger partial charge is 0.435 e. The first-order chi connectivity index (χ1) is 10.9. The number of carbonyl (C=O) groups is 1. The molecule has 0 fully saturated rings. The van der Waals surface area contributed by atoms with E-state index in [0.717, 1.165) is 5.56 Å². The third-order valence-electron chi connectivity index (χ3n) is 3.58. The van der Waals surface area contributed by atoms with E-state index in [-0.39, 0.29) is 23.5 Å². The maximum atomic E-state index is 13.0. The predicted molar refractivity (Wildman–Crippen MR) is 80.0 cm³/mol. The van der Waals surface area contributed by atoms with Gasteiger partial charge < -0.3 is 9.64 Å². The average Bonchev–Trinajstić information content (AvgIpc) is 2.53. The van der Waals surface area contributed by atoms with E-state index in [1.807, 2.05) is 6.92 Å². The van der Waals surface area contributed by atoms with Gasteiger partial charge in [-0.1, -0.05) is 12.1 Å². The zero-order valence-electron chi connectivity index (χ0n) is 12.7. The Labute approximate surface area is 132 Å². The highest BCUT2D eigenvalue weighted by Crippen LogP contribution is 2.22. The van der Waals surface area contributed by atoms with Crippen LogP contribution in [0.1, 0.15) is 28.9 Å². The van der Waals surface area contributed by atoms with Crippen molar-refractivity contribution in [1.82, 2.24) is 4.90 Å². The molecule has 6 heteroatoms. The molecule has 0 spiro atoms. The molecule has 0 aliphatic rings. The zero-order valence-corrected chi connectivity index (χ0v) is 12.7. The van der Waals surface area contributed by atoms with Crippen molar-refractivity contribution < 1.29 is 22.7 Å². The number of rotatable bonds is 5. The van der Waals surface area contributed by atoms with E-state index in [1.165, 1.54) is 41.3 Å². The molecule has 122 valence electrons. The molecule has 1 unspecified atom stereocenters. The van der Waals surface area contributed by atoms with Crippen molar-refractivity contribution in [2.75, 3.05) is 7.05 Å². The molecule has 3 nitrogen and oxygen atoms in total. The Morgan fingerprint density at radius 3 is 2.13 bits per heavy atom. The Bertz CT molecular complexity index is 657. The SMILES string of the molecule is CC(c1ccc(F)cc1)N(C)C(=O)c1ccc(OC(F)F)cc1. The van der Waals surface area contributed by atoms with Gasteiger partial charge in [0.05, 0.1) is 6.04 Å². The molecule has 23 heavy (non-hydrogen) atoms. The average molecular weight is 323 g/mol. The van der Waals surface area contributed by atoms with Crippen LogP contribution >= 0.6 is 0 Å². The monoisotopic (exact) mass is 323 g/mol. The minimum Gasteiger partial charge on any atom is -0.435 e. The van der Waals surface area contributed by atoms with E-state index in [2.05, 4.69) is 4.74 Å². The van der Waals surface area contributed by atoms with Crippen LogP contribution < -0.4 is 4.74 Å². The third kappa shape index (κ3) is 4.25. The number of nitrogens with zero attached hydrogens (tertiary/aromatic N) is 1. The van der Waals surface area contributed by atoms with Gasteiger partial charge in [-0.2, -0.15) is 8.78 Å². The number of ether oxygens (including phenoxy) is 1. The summed E-state index contributed by atoms with van der Waals surface area (Å²) in [6.07, 6.45) is 0. The van der Waals surface area contributed by atoms with Gasteiger partial charge in [0.2, 0.25) is 0 Å². The second-order valence-corrected chi connectivity index (χ2v) is 5.05. The predicted octanol–water partition coefficient (Wildman–Crippen LogP) is 4.26. The van der Waals surface area contributed by atoms with Gasteiger partial charge in [0, 0.05) is 12.6 Å². The Balaban J connectivity index is 2.10. The van der Waals surface area contributed by atoms with Crippen LogP contribution in [0.25, 0.3) is 0 Å². The molecule has 0 bridgehead atoms. The summed E-state index contributed by atoms with van der Waals surface area (Å²) in [4.78, 5) is 13.9. The van der Waals surface area contributed by atoms with Gasteiger partial charge in [0.15, 0.2) is 0 Å². The van der Waals surface area contributed by atoms with E-state index in [1.54, 1.807) is 19.2 Å². The molecule has 0 radical (unpaired) electrons. The van der Waals surface area contributed by atoms with Crippen molar-refractivity contribution >= 4 is 5.91 Å². The maximum absolute atomic E-state index is 13.0. The molecule has 0 aromatic heterocycles. The highest BCUT2D eigenvalue weighted by molar-refractivity contribution is 5.94. The normalized spacial score (nSPS) is 12.1. The number of benzene rings is 2. The molecule has 2 aromatic rings. The zero-order chi connectivity index (χ0) is 17.0. The molecule has 0 aliphatic carbocycles. The van der Waals surface area contributed by atoms with Gasteiger partial charge in [-0.25, -0.2) is 4.39 Å². The van der Waals surface area contributed by atoms with Gasteiger partial charge in [0.25, 0.3) is 5.91 Å². The van der Waals surface area contributed by atoms with Gasteiger partial charge >= 0.3 is 6.61 Å². The number of halogens is 3. The van der Waals surface area contributed by atoms with Gasteiger partial charge in [-0.15, -0.1) is 0 Å². The highest BCUT2D eigenvalue weighted by atomic mass is 19.3. The molecule has 0 aliphatic heterocycles. The summed E-state index contributed by atoms with van der Waals surface area (Å²) in [6, 6.07) is 11.1. The Kier molecular flexibility index (Phi) is 5.26. The number of hydrogen-bond donors (Lipinski definition) is 0. The van der Waals surface area contributed by atoms with E-state index >= 15 is 0 Å². The molecule has 0 N–H and O–H groups in total. The minimum absolute atomic E-state index is 0.00853. The summed E-state index contributed by atoms with van der Waals surface area (Å²) < 4.78 is 41.4. The fraction of sp³-hybridized carbons (Fsp3) is 0.235. The van der Waals surface area contributed by atoms with E-state index in [9.17, 15) is 18.0 Å². The molecule has 1 atom stereocenters. The van der Waals surface area contributed by atoms with Crippen LogP contribution in [-0.2, 0) is 0 Å². The maximum Gasteiger partial charge on any atom is 0.387 e. The summed E-state index contributed by atoms with van der Waals surface area (Å²) in [6.45, 7) is -1.09. The second-order valence-electron chi connectivity index (χ2n) is 5.05. The highest BCUT2D eigenvalue weighted by Gasteiger charge is 2.19. The van der Waals surface area contributed by atoms with E-state index < -0.39 is 6.61 Å². The molecule has 0 heterocycles. The summed E-state index contributed by atoms with van der Waals surface area (Å²) in [5, 5.41) is 0. The van der Waals surface area contributed by atoms with Crippen molar-refractivity contribution in [2.45, 2.75) is 19.6 Å². The Morgan fingerprint density at radius 1 is 1.04 bits per heavy atom. The van der Waals surface area contributed by atoms with Crippen molar-refractivity contribution in [1.29, 1.82) is 0 Å². The number of hydrogen-bond acceptors (Lipinski definition) is 2. The lowest BCUT2D eigenvalue weighted by atomic mass is 10.1. The number of amides is 1. The lowest BCUT2D eigenvalue weighted by Crippen LogP contribution is -2.29. The van der Waals surface area contributed by atoms with Gasteiger partial charge in [-0.05, 0) is 48.9 Å². The fourth-order valence-corrected chi connectivity index (χ4v) is 2.12. The van der Waals surface area contributed by atoms with Crippen LogP contribution in [0.3, 0.4) is 0 Å². The van der Waals surface area contributed by atoms with Crippen molar-refractivity contribution in [3.63, 3.8) is 0 Å². The molecule has 0 saturated carbocycles. The standard InChI is InChI=1S/C17H16F3NO2/c1-11(12-3-7-14(18)8-4-12)21(2)16(22)13-5-9-15(10-6-13)23-17(19)20/h3-11,17H,1-2H3. The van der Waals surface area contributed by atoms with Crippen LogP contribution in [0, 0.1) is 5.82 Å². The fourth-order valence-electron chi connectivity index (χ4n) is 2.12. The van der Waals surface area contributed by atoms with E-state index in [4.69, 9.17) is 0 Å². The molecule has 2 rings (SSSR count). The lowest BCUT2D eigenvalue weighted by molar-refractivity contribution is -0.0498. The third-order valence-corrected chi connectivity index (χ3v) is 3.58. The Hall–Kier alpha value is -2.50. The summed E-state index contributed by atoms with van der Waals surface area (Å²) in [5.41, 5.74) is 1.14. The molecule has 1 amide bonds. The summed E-state index contributed by atoms with van der Waals surface area (Å²) in [5.74, 6) is -0.624. The van der Waals surface area contributed by atoms with Gasteiger partial charge in [0.1, 0.15) is 11.6 Å². The first-order valence-electron chi connectivity index (χ1n) is 6.96. The van der Waals surface area contributed by atoms with E-state index in [0.29, 0.717) is 5.56 Å². The van der Waals surface area contributed by atoms with Crippen LogP contribution in [-0.4, -0.2) is 24.5 Å².